The van der Waals surface area contributed by atoms with Gasteiger partial charge < -0.3 is 4.74 Å². The summed E-state index contributed by atoms with van der Waals surface area (Å²) in [6.45, 7) is 2.09. The quantitative estimate of drug-likeness (QED) is 0.576. The van der Waals surface area contributed by atoms with Gasteiger partial charge in [-0.3, -0.25) is 0 Å². The van der Waals surface area contributed by atoms with Crippen LogP contribution in [0.25, 0.3) is 0 Å². The lowest BCUT2D eigenvalue weighted by atomic mass is 10.1. The third-order valence-electron chi connectivity index (χ3n) is 2.10. The van der Waals surface area contributed by atoms with Crippen molar-refractivity contribution in [3.63, 3.8) is 0 Å². The number of hydrogen-bond acceptors (Lipinski definition) is 2. The molecule has 0 aliphatic carbocycles. The second kappa shape index (κ2) is 3.22. The highest BCUT2D eigenvalue weighted by molar-refractivity contribution is 14.1. The number of hydrogen-bond donors (Lipinski definition) is 0. The summed E-state index contributed by atoms with van der Waals surface area (Å²) >= 11 is 2.34. The molecular formula is C9H10INO. The van der Waals surface area contributed by atoms with Crippen molar-refractivity contribution in [2.75, 3.05) is 7.11 Å². The van der Waals surface area contributed by atoms with Gasteiger partial charge >= 0.3 is 0 Å². The van der Waals surface area contributed by atoms with Gasteiger partial charge in [0.05, 0.1) is 7.11 Å². The smallest absolute Gasteiger partial charge is 0.119 e. The lowest BCUT2D eigenvalue weighted by molar-refractivity contribution is 0.414. The van der Waals surface area contributed by atoms with Gasteiger partial charge in [-0.05, 0) is 23.3 Å². The van der Waals surface area contributed by atoms with Crippen molar-refractivity contribution >= 4 is 22.9 Å². The van der Waals surface area contributed by atoms with Gasteiger partial charge in [0, 0.05) is 36.0 Å². The molecule has 12 heavy (non-hydrogen) atoms. The van der Waals surface area contributed by atoms with Gasteiger partial charge in [-0.15, -0.1) is 0 Å². The molecule has 0 saturated heterocycles. The van der Waals surface area contributed by atoms with E-state index >= 15 is 0 Å². The predicted molar refractivity (Wildman–Crippen MR) is 56.3 cm³/mol. The molecule has 0 atom stereocenters. The Balaban J connectivity index is 2.35. The highest BCUT2D eigenvalue weighted by Gasteiger charge is 2.16. The number of methoxy groups -OCH3 is 1. The van der Waals surface area contributed by atoms with Gasteiger partial charge in [0.2, 0.25) is 0 Å². The summed E-state index contributed by atoms with van der Waals surface area (Å²) in [4.78, 5) is 0. The molecule has 0 unspecified atom stereocenters. The molecule has 1 aromatic carbocycles. The van der Waals surface area contributed by atoms with Gasteiger partial charge in [0.25, 0.3) is 0 Å². The van der Waals surface area contributed by atoms with E-state index in [9.17, 15) is 0 Å². The van der Waals surface area contributed by atoms with Crippen LogP contribution in [0.1, 0.15) is 11.1 Å². The van der Waals surface area contributed by atoms with E-state index in [0.717, 1.165) is 18.8 Å². The van der Waals surface area contributed by atoms with Crippen molar-refractivity contribution in [3.05, 3.63) is 29.3 Å². The molecular weight excluding hydrogens is 265 g/mol. The molecule has 0 spiro atoms. The Labute approximate surface area is 86.0 Å². The molecule has 0 aromatic heterocycles. The fraction of sp³-hybridized carbons (Fsp3) is 0.333. The Hall–Kier alpha value is -0.290. The molecule has 1 heterocycles. The summed E-state index contributed by atoms with van der Waals surface area (Å²) in [5.74, 6) is 0.959. The van der Waals surface area contributed by atoms with E-state index in [2.05, 4.69) is 38.1 Å². The van der Waals surface area contributed by atoms with Crippen molar-refractivity contribution in [2.45, 2.75) is 13.1 Å². The fourth-order valence-electron chi connectivity index (χ4n) is 1.46. The van der Waals surface area contributed by atoms with Crippen LogP contribution in [0.5, 0.6) is 5.75 Å². The maximum Gasteiger partial charge on any atom is 0.119 e. The molecule has 0 bridgehead atoms. The van der Waals surface area contributed by atoms with Crippen molar-refractivity contribution in [1.82, 2.24) is 3.11 Å². The van der Waals surface area contributed by atoms with E-state index in [4.69, 9.17) is 4.74 Å². The normalized spacial score (nSPS) is 16.2. The van der Waals surface area contributed by atoms with Crippen LogP contribution in [-0.4, -0.2) is 10.2 Å². The predicted octanol–water partition coefficient (Wildman–Crippen LogP) is 2.36. The summed E-state index contributed by atoms with van der Waals surface area (Å²) in [6, 6.07) is 6.29. The Morgan fingerprint density at radius 2 is 2.08 bits per heavy atom. The number of ether oxygens (including phenoxy) is 1. The topological polar surface area (TPSA) is 12.5 Å². The van der Waals surface area contributed by atoms with Crippen LogP contribution in [0.2, 0.25) is 0 Å². The molecule has 1 aliphatic rings. The van der Waals surface area contributed by atoms with Crippen LogP contribution in [0.3, 0.4) is 0 Å². The SMILES string of the molecule is COc1ccc2c(c1)CN(I)C2. The molecule has 2 rings (SSSR count). The standard InChI is InChI=1S/C9H10INO/c1-12-9-3-2-7-5-11(10)6-8(7)4-9/h2-4H,5-6H2,1H3. The lowest BCUT2D eigenvalue weighted by Gasteiger charge is -2.01. The first-order chi connectivity index (χ1) is 5.79. The Kier molecular flexibility index (Phi) is 2.23. The molecule has 1 aromatic rings. The minimum Gasteiger partial charge on any atom is -0.497 e. The number of rotatable bonds is 1. The van der Waals surface area contributed by atoms with E-state index in [-0.39, 0.29) is 0 Å². The van der Waals surface area contributed by atoms with E-state index in [1.54, 1.807) is 7.11 Å². The minimum atomic E-state index is 0.959. The van der Waals surface area contributed by atoms with Gasteiger partial charge in [-0.2, -0.15) is 0 Å². The number of nitrogens with zero attached hydrogens (tertiary/aromatic N) is 1. The Morgan fingerprint density at radius 3 is 2.83 bits per heavy atom. The average molecular weight is 275 g/mol. The molecule has 0 saturated carbocycles. The molecule has 1 aliphatic heterocycles. The summed E-state index contributed by atoms with van der Waals surface area (Å²) in [6.07, 6.45) is 0. The highest BCUT2D eigenvalue weighted by Crippen LogP contribution is 2.28. The van der Waals surface area contributed by atoms with Crippen LogP contribution in [0.4, 0.5) is 0 Å². The molecule has 0 amide bonds. The summed E-state index contributed by atoms with van der Waals surface area (Å²) in [5, 5.41) is 0. The molecule has 0 radical (unpaired) electrons. The molecule has 0 N–H and O–H groups in total. The monoisotopic (exact) mass is 275 g/mol. The maximum absolute atomic E-state index is 5.15. The second-order valence-electron chi connectivity index (χ2n) is 2.91. The van der Waals surface area contributed by atoms with Crippen molar-refractivity contribution in [2.24, 2.45) is 0 Å². The molecule has 0 fully saturated rings. The summed E-state index contributed by atoms with van der Waals surface area (Å²) < 4.78 is 7.42. The van der Waals surface area contributed by atoms with Gasteiger partial charge in [-0.1, -0.05) is 6.07 Å². The van der Waals surface area contributed by atoms with E-state index in [1.807, 2.05) is 6.07 Å². The van der Waals surface area contributed by atoms with Crippen molar-refractivity contribution in [3.8, 4) is 5.75 Å². The molecule has 2 nitrogen and oxygen atoms in total. The van der Waals surface area contributed by atoms with E-state index in [1.165, 1.54) is 11.1 Å². The first-order valence-electron chi connectivity index (χ1n) is 3.86. The highest BCUT2D eigenvalue weighted by atomic mass is 127. The van der Waals surface area contributed by atoms with Crippen molar-refractivity contribution in [1.29, 1.82) is 0 Å². The van der Waals surface area contributed by atoms with Crippen molar-refractivity contribution < 1.29 is 4.74 Å². The van der Waals surface area contributed by atoms with Crippen LogP contribution in [0, 0.1) is 0 Å². The van der Waals surface area contributed by atoms with Crippen LogP contribution in [0.15, 0.2) is 18.2 Å². The third-order valence-corrected chi connectivity index (χ3v) is 2.78. The lowest BCUT2D eigenvalue weighted by Crippen LogP contribution is -1.97. The summed E-state index contributed by atoms with van der Waals surface area (Å²) in [5.41, 5.74) is 2.81. The van der Waals surface area contributed by atoms with Gasteiger partial charge in [0.1, 0.15) is 5.75 Å². The van der Waals surface area contributed by atoms with E-state index < -0.39 is 0 Å². The van der Waals surface area contributed by atoms with E-state index in [0.29, 0.717) is 0 Å². The maximum atomic E-state index is 5.15. The van der Waals surface area contributed by atoms with Crippen LogP contribution >= 0.6 is 22.9 Å². The largest absolute Gasteiger partial charge is 0.497 e. The van der Waals surface area contributed by atoms with Gasteiger partial charge in [-0.25, -0.2) is 3.11 Å². The average Bonchev–Trinajstić information content (AvgIpc) is 2.43. The van der Waals surface area contributed by atoms with Crippen LogP contribution in [-0.2, 0) is 13.1 Å². The minimum absolute atomic E-state index is 0.959. The first-order valence-corrected chi connectivity index (χ1v) is 4.82. The zero-order chi connectivity index (χ0) is 8.55. The third kappa shape index (κ3) is 1.43. The second-order valence-corrected chi connectivity index (χ2v) is 4.28. The van der Waals surface area contributed by atoms with Gasteiger partial charge in [0.15, 0.2) is 0 Å². The molecule has 64 valence electrons. The first kappa shape index (κ1) is 8.31. The number of fused-ring (bicyclic) bond motifs is 1. The fourth-order valence-corrected chi connectivity index (χ4v) is 2.19. The number of halogens is 1. The molecule has 3 heteroatoms. The Bertz CT molecular complexity index is 301. The zero-order valence-electron chi connectivity index (χ0n) is 6.88. The number of benzene rings is 1. The zero-order valence-corrected chi connectivity index (χ0v) is 9.04. The Morgan fingerprint density at radius 1 is 1.33 bits per heavy atom. The summed E-state index contributed by atoms with van der Waals surface area (Å²) in [7, 11) is 1.71. The van der Waals surface area contributed by atoms with Crippen LogP contribution < -0.4 is 4.74 Å².